The van der Waals surface area contributed by atoms with Crippen LogP contribution in [-0.4, -0.2) is 29.3 Å². The van der Waals surface area contributed by atoms with Crippen LogP contribution in [0.2, 0.25) is 0 Å². The quantitative estimate of drug-likeness (QED) is 0.672. The standard InChI is InChI=1S/C23H21N3O3/c1-15-10-12-17(13-11-15)23(2)21(28)26(22(29)25-23)14-20(27)24-19-9-5-7-16-6-3-4-8-18(16)19/h3-13H,14H2,1-2H3,(H,24,27)(H,25,29). The third-order valence-corrected chi connectivity index (χ3v) is 5.27. The fourth-order valence-electron chi connectivity index (χ4n) is 3.59. The van der Waals surface area contributed by atoms with E-state index >= 15 is 0 Å². The molecule has 6 nitrogen and oxygen atoms in total. The van der Waals surface area contributed by atoms with Crippen LogP contribution in [0.5, 0.6) is 0 Å². The number of nitrogens with one attached hydrogen (secondary N) is 2. The summed E-state index contributed by atoms with van der Waals surface area (Å²) in [6.45, 7) is 3.25. The highest BCUT2D eigenvalue weighted by Gasteiger charge is 2.49. The normalized spacial score (nSPS) is 18.8. The second kappa shape index (κ2) is 7.05. The summed E-state index contributed by atoms with van der Waals surface area (Å²) in [5.41, 5.74) is 1.19. The van der Waals surface area contributed by atoms with Crippen LogP contribution in [0.25, 0.3) is 10.8 Å². The molecule has 1 atom stereocenters. The van der Waals surface area contributed by atoms with Crippen LogP contribution in [-0.2, 0) is 15.1 Å². The van der Waals surface area contributed by atoms with Crippen LogP contribution in [0.4, 0.5) is 10.5 Å². The first-order chi connectivity index (χ1) is 13.9. The van der Waals surface area contributed by atoms with Crippen molar-refractivity contribution in [1.82, 2.24) is 10.2 Å². The summed E-state index contributed by atoms with van der Waals surface area (Å²) in [5.74, 6) is -0.877. The molecule has 3 aromatic carbocycles. The zero-order chi connectivity index (χ0) is 20.6. The van der Waals surface area contributed by atoms with Crippen LogP contribution in [0.3, 0.4) is 0 Å². The van der Waals surface area contributed by atoms with Crippen LogP contribution in [0.1, 0.15) is 18.1 Å². The van der Waals surface area contributed by atoms with E-state index in [0.29, 0.717) is 11.3 Å². The van der Waals surface area contributed by atoms with Gasteiger partial charge in [0, 0.05) is 11.1 Å². The number of urea groups is 1. The first kappa shape index (κ1) is 18.7. The van der Waals surface area contributed by atoms with Crippen LogP contribution in [0.15, 0.2) is 66.7 Å². The molecule has 0 saturated carbocycles. The van der Waals surface area contributed by atoms with Crippen molar-refractivity contribution in [3.63, 3.8) is 0 Å². The number of carbonyl (C=O) groups is 3. The summed E-state index contributed by atoms with van der Waals surface area (Å²) in [4.78, 5) is 39.0. The fourth-order valence-corrected chi connectivity index (χ4v) is 3.59. The molecule has 4 rings (SSSR count). The highest BCUT2D eigenvalue weighted by Crippen LogP contribution is 2.29. The van der Waals surface area contributed by atoms with Crippen LogP contribution < -0.4 is 10.6 Å². The zero-order valence-corrected chi connectivity index (χ0v) is 16.2. The highest BCUT2D eigenvalue weighted by atomic mass is 16.2. The molecule has 0 aromatic heterocycles. The number of nitrogens with zero attached hydrogens (tertiary/aromatic N) is 1. The maximum absolute atomic E-state index is 13.0. The molecule has 1 unspecified atom stereocenters. The maximum Gasteiger partial charge on any atom is 0.325 e. The van der Waals surface area contributed by atoms with Gasteiger partial charge in [-0.2, -0.15) is 0 Å². The number of hydrogen-bond donors (Lipinski definition) is 2. The number of anilines is 1. The van der Waals surface area contributed by atoms with Crippen molar-refractivity contribution >= 4 is 34.3 Å². The Hall–Kier alpha value is -3.67. The lowest BCUT2D eigenvalue weighted by atomic mass is 9.91. The summed E-state index contributed by atoms with van der Waals surface area (Å²) in [6.07, 6.45) is 0. The Morgan fingerprint density at radius 1 is 1.00 bits per heavy atom. The first-order valence-corrected chi connectivity index (χ1v) is 9.37. The van der Waals surface area contributed by atoms with Gasteiger partial charge in [0.25, 0.3) is 5.91 Å². The first-order valence-electron chi connectivity index (χ1n) is 9.37. The predicted molar refractivity (Wildman–Crippen MR) is 111 cm³/mol. The topological polar surface area (TPSA) is 78.5 Å². The molecule has 2 N–H and O–H groups in total. The van der Waals surface area contributed by atoms with Crippen molar-refractivity contribution in [2.75, 3.05) is 11.9 Å². The Bertz CT molecular complexity index is 1120. The average molecular weight is 387 g/mol. The summed E-state index contributed by atoms with van der Waals surface area (Å²) < 4.78 is 0. The van der Waals surface area contributed by atoms with E-state index in [1.54, 1.807) is 13.0 Å². The van der Waals surface area contributed by atoms with Crippen molar-refractivity contribution in [2.45, 2.75) is 19.4 Å². The third-order valence-electron chi connectivity index (χ3n) is 5.27. The monoisotopic (exact) mass is 387 g/mol. The maximum atomic E-state index is 13.0. The van der Waals surface area contributed by atoms with Gasteiger partial charge in [-0.25, -0.2) is 4.79 Å². The van der Waals surface area contributed by atoms with Gasteiger partial charge in [-0.15, -0.1) is 0 Å². The van der Waals surface area contributed by atoms with Gasteiger partial charge in [-0.3, -0.25) is 14.5 Å². The Morgan fingerprint density at radius 2 is 1.69 bits per heavy atom. The second-order valence-corrected chi connectivity index (χ2v) is 7.39. The molecule has 6 heteroatoms. The predicted octanol–water partition coefficient (Wildman–Crippen LogP) is 3.55. The van der Waals surface area contributed by atoms with E-state index in [1.807, 2.05) is 67.6 Å². The van der Waals surface area contributed by atoms with Gasteiger partial charge in [0.1, 0.15) is 12.1 Å². The summed E-state index contributed by atoms with van der Waals surface area (Å²) in [5, 5.41) is 7.42. The molecule has 1 fully saturated rings. The Balaban J connectivity index is 1.53. The van der Waals surface area contributed by atoms with Gasteiger partial charge in [-0.1, -0.05) is 66.2 Å². The van der Waals surface area contributed by atoms with Gasteiger partial charge in [0.2, 0.25) is 5.91 Å². The largest absolute Gasteiger partial charge is 0.325 e. The Morgan fingerprint density at radius 3 is 2.45 bits per heavy atom. The summed E-state index contributed by atoms with van der Waals surface area (Å²) in [7, 11) is 0. The third kappa shape index (κ3) is 3.33. The number of imide groups is 1. The molecule has 0 aliphatic carbocycles. The number of benzene rings is 3. The van der Waals surface area contributed by atoms with E-state index < -0.39 is 23.4 Å². The number of rotatable bonds is 4. The Labute approximate surface area is 168 Å². The van der Waals surface area contributed by atoms with Gasteiger partial charge in [-0.05, 0) is 30.9 Å². The van der Waals surface area contributed by atoms with Crippen molar-refractivity contribution in [3.8, 4) is 0 Å². The molecule has 1 aliphatic heterocycles. The molecule has 0 radical (unpaired) electrons. The minimum Gasteiger partial charge on any atom is -0.324 e. The molecule has 1 saturated heterocycles. The lowest BCUT2D eigenvalue weighted by Crippen LogP contribution is -2.42. The summed E-state index contributed by atoms with van der Waals surface area (Å²) in [6, 6.07) is 20.1. The van der Waals surface area contributed by atoms with Gasteiger partial charge < -0.3 is 10.6 Å². The molecule has 0 spiro atoms. The molecule has 4 amide bonds. The van der Waals surface area contributed by atoms with Gasteiger partial charge in [0.15, 0.2) is 0 Å². The molecular weight excluding hydrogens is 366 g/mol. The number of carbonyl (C=O) groups excluding carboxylic acids is 3. The number of aryl methyl sites for hydroxylation is 1. The fraction of sp³-hybridized carbons (Fsp3) is 0.174. The smallest absolute Gasteiger partial charge is 0.324 e. The number of fused-ring (bicyclic) bond motifs is 1. The number of hydrogen-bond acceptors (Lipinski definition) is 3. The number of amides is 4. The lowest BCUT2D eigenvalue weighted by Gasteiger charge is -2.22. The van der Waals surface area contributed by atoms with E-state index in [-0.39, 0.29) is 6.54 Å². The van der Waals surface area contributed by atoms with E-state index in [2.05, 4.69) is 10.6 Å². The molecule has 1 heterocycles. The minimum absolute atomic E-state index is 0.352. The SMILES string of the molecule is Cc1ccc(C2(C)NC(=O)N(CC(=O)Nc3cccc4ccccc34)C2=O)cc1. The van der Waals surface area contributed by atoms with Crippen LogP contribution >= 0.6 is 0 Å². The average Bonchev–Trinajstić information content (AvgIpc) is 2.92. The second-order valence-electron chi connectivity index (χ2n) is 7.39. The Kier molecular flexibility index (Phi) is 4.54. The van der Waals surface area contributed by atoms with Crippen molar-refractivity contribution in [2.24, 2.45) is 0 Å². The van der Waals surface area contributed by atoms with E-state index in [4.69, 9.17) is 0 Å². The summed E-state index contributed by atoms with van der Waals surface area (Å²) >= 11 is 0. The van der Waals surface area contributed by atoms with Crippen LogP contribution in [0, 0.1) is 6.92 Å². The van der Waals surface area contributed by atoms with Crippen molar-refractivity contribution in [3.05, 3.63) is 77.9 Å². The molecule has 1 aliphatic rings. The molecule has 29 heavy (non-hydrogen) atoms. The molecule has 3 aromatic rings. The highest BCUT2D eigenvalue weighted by molar-refractivity contribution is 6.11. The van der Waals surface area contributed by atoms with Gasteiger partial charge >= 0.3 is 6.03 Å². The van der Waals surface area contributed by atoms with Crippen molar-refractivity contribution in [1.29, 1.82) is 0 Å². The van der Waals surface area contributed by atoms with E-state index in [9.17, 15) is 14.4 Å². The van der Waals surface area contributed by atoms with E-state index in [1.165, 1.54) is 0 Å². The molecule has 146 valence electrons. The van der Waals surface area contributed by atoms with E-state index in [0.717, 1.165) is 21.2 Å². The lowest BCUT2D eigenvalue weighted by molar-refractivity contribution is -0.133. The van der Waals surface area contributed by atoms with Gasteiger partial charge in [0.05, 0.1) is 0 Å². The minimum atomic E-state index is -1.19. The van der Waals surface area contributed by atoms with Crippen molar-refractivity contribution < 1.29 is 14.4 Å². The molecule has 0 bridgehead atoms. The zero-order valence-electron chi connectivity index (χ0n) is 16.2. The molecular formula is C23H21N3O3.